The van der Waals surface area contributed by atoms with Crippen molar-refractivity contribution in [1.29, 1.82) is 0 Å². The molecule has 0 saturated carbocycles. The molecule has 2 aromatic rings. The maximum Gasteiger partial charge on any atom is 0.215 e. The number of hydrogen-bond donors (Lipinski definition) is 2. The van der Waals surface area contributed by atoms with E-state index in [4.69, 9.17) is 6.85 Å². The molecule has 0 bridgehead atoms. The Kier molecular flexibility index (Phi) is 2.84. The van der Waals surface area contributed by atoms with Crippen LogP contribution in [0.2, 0.25) is 0 Å². The Labute approximate surface area is 127 Å². The Morgan fingerprint density at radius 2 is 2.20 bits per heavy atom. The third-order valence-corrected chi connectivity index (χ3v) is 3.75. The van der Waals surface area contributed by atoms with Crippen molar-refractivity contribution < 1.29 is 15.3 Å². The highest BCUT2D eigenvalue weighted by Crippen LogP contribution is 2.21. The lowest BCUT2D eigenvalue weighted by molar-refractivity contribution is 0.414. The molecule has 0 aliphatic heterocycles. The molecule has 2 rings (SSSR count). The summed E-state index contributed by atoms with van der Waals surface area (Å²) < 4.78 is 66.4. The molecule has 0 fully saturated rings. The number of nitrogens with zero attached hydrogens (tertiary/aromatic N) is 1. The molecule has 110 valence electrons. The predicted octanol–water partition coefficient (Wildman–Crippen LogP) is 1.32. The molecule has 0 aliphatic carbocycles. The molecule has 0 amide bonds. The normalized spacial score (nSPS) is 17.5. The van der Waals surface area contributed by atoms with Gasteiger partial charge >= 0.3 is 0 Å². The minimum Gasteiger partial charge on any atom is -0.361 e. The number of hydrogen-bond acceptors (Lipinski definition) is 3. The molecule has 5 nitrogen and oxygen atoms in total. The minimum absolute atomic E-state index is 0.0256. The number of H-pyrrole nitrogens is 1. The van der Waals surface area contributed by atoms with Crippen molar-refractivity contribution >= 4 is 20.9 Å². The molecule has 0 saturated heterocycles. The summed E-state index contributed by atoms with van der Waals surface area (Å²) in [5.41, 5.74) is -2.30. The molecule has 0 aliphatic rings. The smallest absolute Gasteiger partial charge is 0.215 e. The Morgan fingerprint density at radius 1 is 1.45 bits per heavy atom. The van der Waals surface area contributed by atoms with Gasteiger partial charge in [-0.2, -0.15) is 0 Å². The largest absolute Gasteiger partial charge is 0.361 e. The molecule has 1 aromatic heterocycles. The van der Waals surface area contributed by atoms with Gasteiger partial charge in [-0.15, -0.1) is 0 Å². The highest BCUT2D eigenvalue weighted by molar-refractivity contribution is 7.88. The molecule has 2 N–H and O–H groups in total. The van der Waals surface area contributed by atoms with Crippen molar-refractivity contribution in [2.24, 2.45) is 0 Å². The second-order valence-electron chi connectivity index (χ2n) is 4.61. The highest BCUT2D eigenvalue weighted by atomic mass is 32.2. The van der Waals surface area contributed by atoms with Crippen LogP contribution < -0.4 is 4.72 Å². The average Bonchev–Trinajstić information content (AvgIpc) is 2.81. The van der Waals surface area contributed by atoms with E-state index in [1.165, 1.54) is 18.2 Å². The molecule has 1 aromatic carbocycles. The summed E-state index contributed by atoms with van der Waals surface area (Å²) in [6.45, 7) is 0.0256. The molecule has 0 spiro atoms. The van der Waals surface area contributed by atoms with E-state index in [1.54, 1.807) is 19.0 Å². The first-order valence-electron chi connectivity index (χ1n) is 8.54. The lowest BCUT2D eigenvalue weighted by atomic mass is 10.1. The van der Waals surface area contributed by atoms with Gasteiger partial charge < -0.3 is 9.88 Å². The van der Waals surface area contributed by atoms with Crippen LogP contribution in [0.1, 0.15) is 18.0 Å². The van der Waals surface area contributed by atoms with Gasteiger partial charge in [-0.3, -0.25) is 0 Å². The van der Waals surface area contributed by atoms with Gasteiger partial charge in [-0.05, 0) is 50.8 Å². The van der Waals surface area contributed by atoms with Crippen molar-refractivity contribution in [1.82, 2.24) is 14.6 Å². The predicted molar refractivity (Wildman–Crippen MR) is 82.2 cm³/mol. The fourth-order valence-corrected chi connectivity index (χ4v) is 2.24. The zero-order chi connectivity index (χ0) is 19.2. The third-order valence-electron chi connectivity index (χ3n) is 2.70. The average molecular weight is 300 g/mol. The Balaban J connectivity index is 2.70. The van der Waals surface area contributed by atoms with E-state index in [0.717, 1.165) is 7.05 Å². The summed E-state index contributed by atoms with van der Waals surface area (Å²) in [5, 5.41) is 0.296. The van der Waals surface area contributed by atoms with Crippen LogP contribution in [0.3, 0.4) is 0 Å². The SMILES string of the molecule is [2H]c1[nH]c2ccc(C([2H])([2H])S(=O)(=O)NC)cc2c1C([2H])([2H])CN(C)C. The van der Waals surface area contributed by atoms with Crippen molar-refractivity contribution in [3.8, 4) is 0 Å². The maximum atomic E-state index is 12.0. The molecule has 1 heterocycles. The molecular weight excluding hydrogens is 274 g/mol. The number of aromatic amines is 1. The summed E-state index contributed by atoms with van der Waals surface area (Å²) >= 11 is 0. The number of nitrogens with one attached hydrogen (secondary N) is 2. The van der Waals surface area contributed by atoms with Crippen molar-refractivity contribution in [2.75, 3.05) is 27.7 Å². The van der Waals surface area contributed by atoms with Crippen LogP contribution >= 0.6 is 0 Å². The minimum atomic E-state index is -4.26. The maximum absolute atomic E-state index is 12.0. The van der Waals surface area contributed by atoms with Gasteiger partial charge in [0.05, 0.1) is 7.08 Å². The number of sulfonamides is 1. The van der Waals surface area contributed by atoms with Gasteiger partial charge in [0.15, 0.2) is 0 Å². The van der Waals surface area contributed by atoms with E-state index in [2.05, 4.69) is 4.98 Å². The molecule has 0 unspecified atom stereocenters. The third kappa shape index (κ3) is 3.59. The van der Waals surface area contributed by atoms with Crippen molar-refractivity contribution in [3.05, 3.63) is 35.5 Å². The topological polar surface area (TPSA) is 65.2 Å². The van der Waals surface area contributed by atoms with Gasteiger partial charge in [0.1, 0.15) is 0 Å². The van der Waals surface area contributed by atoms with Crippen LogP contribution in [-0.4, -0.2) is 46.0 Å². The van der Waals surface area contributed by atoms with Crippen LogP contribution in [0.15, 0.2) is 24.4 Å². The van der Waals surface area contributed by atoms with E-state index in [9.17, 15) is 8.42 Å². The van der Waals surface area contributed by atoms with E-state index in [1.807, 2.05) is 4.72 Å². The zero-order valence-corrected chi connectivity index (χ0v) is 12.4. The van der Waals surface area contributed by atoms with Gasteiger partial charge in [0.25, 0.3) is 0 Å². The first kappa shape index (κ1) is 9.55. The number of aromatic nitrogens is 1. The summed E-state index contributed by atoms with van der Waals surface area (Å²) in [4.78, 5) is 4.40. The first-order valence-corrected chi connectivity index (χ1v) is 7.53. The van der Waals surface area contributed by atoms with Gasteiger partial charge in [-0.25, -0.2) is 13.1 Å². The van der Waals surface area contributed by atoms with E-state index < -0.39 is 22.1 Å². The Hall–Kier alpha value is -1.37. The zero-order valence-electron chi connectivity index (χ0n) is 16.6. The standard InChI is InChI=1S/C14H21N3O2S/c1-15-20(18,19)10-11-4-5-14-13(8-11)12(9-16-14)6-7-17(2)3/h4-5,8-9,15-16H,6-7,10H2,1-3H3/i6D2,9D,10D2. The van der Waals surface area contributed by atoms with Gasteiger partial charge in [-0.1, -0.05) is 6.07 Å². The number of likely N-dealkylation sites (N-methyl/N-ethyl adjacent to an activating group) is 1. The van der Waals surface area contributed by atoms with Crippen molar-refractivity contribution in [3.63, 3.8) is 0 Å². The van der Waals surface area contributed by atoms with Crippen LogP contribution in [0.4, 0.5) is 0 Å². The second-order valence-corrected chi connectivity index (χ2v) is 6.23. The monoisotopic (exact) mass is 300 g/mol. The quantitative estimate of drug-likeness (QED) is 0.845. The van der Waals surface area contributed by atoms with Gasteiger partial charge in [0.2, 0.25) is 10.0 Å². The van der Waals surface area contributed by atoms with Crippen molar-refractivity contribution in [2.45, 2.75) is 12.1 Å². The first-order chi connectivity index (χ1) is 11.3. The molecular formula is C14H21N3O2S. The molecule has 0 radical (unpaired) electrons. The Morgan fingerprint density at radius 3 is 2.85 bits per heavy atom. The summed E-state index contributed by atoms with van der Waals surface area (Å²) in [6.07, 6.45) is -1.98. The van der Waals surface area contributed by atoms with Crippen LogP contribution in [0.5, 0.6) is 0 Å². The fourth-order valence-electron chi connectivity index (χ4n) is 1.70. The highest BCUT2D eigenvalue weighted by Gasteiger charge is 2.11. The van der Waals surface area contributed by atoms with E-state index in [-0.39, 0.29) is 23.8 Å². The van der Waals surface area contributed by atoms with Crippen LogP contribution in [0.25, 0.3) is 10.9 Å². The van der Waals surface area contributed by atoms with E-state index in [0.29, 0.717) is 10.9 Å². The molecule has 20 heavy (non-hydrogen) atoms. The number of rotatable bonds is 6. The summed E-state index contributed by atoms with van der Waals surface area (Å²) in [7, 11) is 0.291. The van der Waals surface area contributed by atoms with Crippen LogP contribution in [0, 0.1) is 0 Å². The lowest BCUT2D eigenvalue weighted by Crippen LogP contribution is -2.20. The fraction of sp³-hybridized carbons (Fsp3) is 0.429. The van der Waals surface area contributed by atoms with Gasteiger partial charge in [0, 0.05) is 29.1 Å². The molecule has 6 heteroatoms. The number of benzene rings is 1. The molecule has 0 atom stereocenters. The van der Waals surface area contributed by atoms with Crippen LogP contribution in [-0.2, 0) is 22.1 Å². The summed E-state index contributed by atoms with van der Waals surface area (Å²) in [5.74, 6) is 0. The Bertz CT molecular complexity index is 893. The summed E-state index contributed by atoms with van der Waals surface area (Å²) in [6, 6.07) is 4.07. The van der Waals surface area contributed by atoms with E-state index >= 15 is 0 Å². The second kappa shape index (κ2) is 5.95. The lowest BCUT2D eigenvalue weighted by Gasteiger charge is -2.08. The number of fused-ring (bicyclic) bond motifs is 1.